The van der Waals surface area contributed by atoms with Crippen molar-refractivity contribution in [1.29, 1.82) is 0 Å². The number of rotatable bonds is 3. The van der Waals surface area contributed by atoms with E-state index in [1.807, 2.05) is 13.0 Å². The van der Waals surface area contributed by atoms with Gasteiger partial charge in [0.2, 0.25) is 5.88 Å². The zero-order valence-corrected chi connectivity index (χ0v) is 11.4. The van der Waals surface area contributed by atoms with Crippen LogP contribution in [0.2, 0.25) is 0 Å². The van der Waals surface area contributed by atoms with E-state index >= 15 is 0 Å². The molecule has 94 valence electrons. The average molecular weight is 311 g/mol. The lowest BCUT2D eigenvalue weighted by molar-refractivity contribution is 0.455. The normalized spacial score (nSPS) is 10.4. The van der Waals surface area contributed by atoms with Crippen molar-refractivity contribution in [2.45, 2.75) is 13.5 Å². The van der Waals surface area contributed by atoms with Crippen molar-refractivity contribution >= 4 is 15.9 Å². The lowest BCUT2D eigenvalue weighted by atomic mass is 10.2. The van der Waals surface area contributed by atoms with Crippen molar-refractivity contribution in [2.75, 3.05) is 0 Å². The van der Waals surface area contributed by atoms with Crippen LogP contribution in [0.1, 0.15) is 11.3 Å². The molecule has 0 aliphatic heterocycles. The van der Waals surface area contributed by atoms with Gasteiger partial charge in [0, 0.05) is 28.7 Å². The molecule has 2 N–H and O–H groups in total. The first-order chi connectivity index (χ1) is 8.60. The molecule has 18 heavy (non-hydrogen) atoms. The summed E-state index contributed by atoms with van der Waals surface area (Å²) in [5.41, 5.74) is 6.66. The first-order valence-corrected chi connectivity index (χ1v) is 6.19. The average Bonchev–Trinajstić information content (AvgIpc) is 2.34. The molecular formula is C13H12BrFN2O. The van der Waals surface area contributed by atoms with E-state index < -0.39 is 0 Å². The maximum atomic E-state index is 13.5. The van der Waals surface area contributed by atoms with Gasteiger partial charge in [0.1, 0.15) is 11.6 Å². The molecule has 1 aromatic carbocycles. The van der Waals surface area contributed by atoms with Crippen molar-refractivity contribution in [3.63, 3.8) is 0 Å². The Bertz CT molecular complexity index is 575. The van der Waals surface area contributed by atoms with E-state index in [9.17, 15) is 4.39 Å². The number of aryl methyl sites for hydroxylation is 1. The van der Waals surface area contributed by atoms with Gasteiger partial charge in [0.05, 0.1) is 5.69 Å². The van der Waals surface area contributed by atoms with Gasteiger partial charge in [-0.15, -0.1) is 0 Å². The van der Waals surface area contributed by atoms with Crippen LogP contribution in [0.25, 0.3) is 0 Å². The Labute approximate surface area is 113 Å². The molecule has 2 rings (SSSR count). The second-order valence-electron chi connectivity index (χ2n) is 3.78. The van der Waals surface area contributed by atoms with Crippen LogP contribution in [0.15, 0.2) is 34.8 Å². The standard InChI is InChI=1S/C13H12BrFN2O/c1-8-11(14)4-5-13(17-8)18-10-3-2-9(7-16)12(15)6-10/h2-6H,7,16H2,1H3. The molecule has 0 atom stereocenters. The molecule has 1 aromatic heterocycles. The van der Waals surface area contributed by atoms with Gasteiger partial charge in [-0.25, -0.2) is 9.37 Å². The molecule has 0 aliphatic rings. The molecule has 0 saturated heterocycles. The molecule has 0 spiro atoms. The summed E-state index contributed by atoms with van der Waals surface area (Å²) in [5.74, 6) is 0.457. The van der Waals surface area contributed by atoms with Gasteiger partial charge in [-0.3, -0.25) is 0 Å². The van der Waals surface area contributed by atoms with Crippen LogP contribution in [0.3, 0.4) is 0 Å². The van der Waals surface area contributed by atoms with Crippen molar-refractivity contribution in [2.24, 2.45) is 5.73 Å². The van der Waals surface area contributed by atoms with Gasteiger partial charge < -0.3 is 10.5 Å². The molecule has 3 nitrogen and oxygen atoms in total. The summed E-state index contributed by atoms with van der Waals surface area (Å²) in [6.07, 6.45) is 0. The van der Waals surface area contributed by atoms with Gasteiger partial charge in [-0.2, -0.15) is 0 Å². The fourth-order valence-electron chi connectivity index (χ4n) is 1.46. The first kappa shape index (κ1) is 13.0. The third-order valence-electron chi connectivity index (χ3n) is 2.46. The van der Waals surface area contributed by atoms with Gasteiger partial charge >= 0.3 is 0 Å². The van der Waals surface area contributed by atoms with Crippen LogP contribution in [-0.4, -0.2) is 4.98 Å². The maximum Gasteiger partial charge on any atom is 0.219 e. The number of nitrogens with zero attached hydrogens (tertiary/aromatic N) is 1. The van der Waals surface area contributed by atoms with Gasteiger partial charge in [0.15, 0.2) is 0 Å². The molecule has 5 heteroatoms. The minimum atomic E-state index is -0.371. The van der Waals surface area contributed by atoms with E-state index in [1.165, 1.54) is 6.07 Å². The molecule has 0 aliphatic carbocycles. The van der Waals surface area contributed by atoms with Crippen LogP contribution in [0.4, 0.5) is 4.39 Å². The number of hydrogen-bond acceptors (Lipinski definition) is 3. The number of aromatic nitrogens is 1. The molecular weight excluding hydrogens is 299 g/mol. The van der Waals surface area contributed by atoms with Crippen LogP contribution in [-0.2, 0) is 6.54 Å². The Hall–Kier alpha value is -1.46. The molecule has 0 amide bonds. The number of pyridine rings is 1. The van der Waals surface area contributed by atoms with Crippen LogP contribution in [0.5, 0.6) is 11.6 Å². The largest absolute Gasteiger partial charge is 0.439 e. The van der Waals surface area contributed by atoms with Crippen LogP contribution in [0, 0.1) is 12.7 Å². The van der Waals surface area contributed by atoms with Crippen LogP contribution < -0.4 is 10.5 Å². The predicted molar refractivity (Wildman–Crippen MR) is 71.0 cm³/mol. The van der Waals surface area contributed by atoms with E-state index in [1.54, 1.807) is 18.2 Å². The first-order valence-electron chi connectivity index (χ1n) is 5.39. The van der Waals surface area contributed by atoms with Crippen molar-refractivity contribution in [3.8, 4) is 11.6 Å². The Morgan fingerprint density at radius 1 is 1.33 bits per heavy atom. The summed E-state index contributed by atoms with van der Waals surface area (Å²) in [5, 5.41) is 0. The zero-order chi connectivity index (χ0) is 13.1. The molecule has 1 heterocycles. The fraction of sp³-hybridized carbons (Fsp3) is 0.154. The predicted octanol–water partition coefficient (Wildman–Crippen LogP) is 3.54. The second kappa shape index (κ2) is 5.46. The highest BCUT2D eigenvalue weighted by Gasteiger charge is 2.05. The number of ether oxygens (including phenoxy) is 1. The number of nitrogens with two attached hydrogens (primary N) is 1. The smallest absolute Gasteiger partial charge is 0.219 e. The summed E-state index contributed by atoms with van der Waals surface area (Å²) in [6, 6.07) is 8.13. The summed E-state index contributed by atoms with van der Waals surface area (Å²) in [6.45, 7) is 2.02. The van der Waals surface area contributed by atoms with Gasteiger partial charge in [0.25, 0.3) is 0 Å². The quantitative estimate of drug-likeness (QED) is 0.943. The topological polar surface area (TPSA) is 48.1 Å². The van der Waals surface area contributed by atoms with Crippen molar-refractivity contribution in [3.05, 3.63) is 51.9 Å². The van der Waals surface area contributed by atoms with E-state index in [0.29, 0.717) is 17.2 Å². The number of benzene rings is 1. The highest BCUT2D eigenvalue weighted by Crippen LogP contribution is 2.24. The summed E-state index contributed by atoms with van der Waals surface area (Å²) in [4.78, 5) is 4.22. The zero-order valence-electron chi connectivity index (χ0n) is 9.78. The summed E-state index contributed by atoms with van der Waals surface area (Å²) in [7, 11) is 0. The lowest BCUT2D eigenvalue weighted by Gasteiger charge is -2.07. The molecule has 0 radical (unpaired) electrons. The number of halogens is 2. The van der Waals surface area contributed by atoms with E-state index in [-0.39, 0.29) is 12.4 Å². The SMILES string of the molecule is Cc1nc(Oc2ccc(CN)c(F)c2)ccc1Br. The highest BCUT2D eigenvalue weighted by atomic mass is 79.9. The van der Waals surface area contributed by atoms with E-state index in [4.69, 9.17) is 10.5 Å². The third kappa shape index (κ3) is 2.86. The monoisotopic (exact) mass is 310 g/mol. The van der Waals surface area contributed by atoms with Crippen molar-refractivity contribution < 1.29 is 9.13 Å². The third-order valence-corrected chi connectivity index (χ3v) is 3.30. The molecule has 0 unspecified atom stereocenters. The second-order valence-corrected chi connectivity index (χ2v) is 4.63. The number of hydrogen-bond donors (Lipinski definition) is 1. The molecule has 0 bridgehead atoms. The van der Waals surface area contributed by atoms with Gasteiger partial charge in [-0.05, 0) is 35.0 Å². The molecule has 2 aromatic rings. The summed E-state index contributed by atoms with van der Waals surface area (Å²) >= 11 is 3.35. The van der Waals surface area contributed by atoms with E-state index in [2.05, 4.69) is 20.9 Å². The minimum absolute atomic E-state index is 0.168. The Morgan fingerprint density at radius 3 is 2.72 bits per heavy atom. The van der Waals surface area contributed by atoms with Crippen LogP contribution >= 0.6 is 15.9 Å². The fourth-order valence-corrected chi connectivity index (χ4v) is 1.68. The Balaban J connectivity index is 2.23. The maximum absolute atomic E-state index is 13.5. The minimum Gasteiger partial charge on any atom is -0.439 e. The molecule has 0 fully saturated rings. The lowest BCUT2D eigenvalue weighted by Crippen LogP contribution is -2.00. The van der Waals surface area contributed by atoms with Crippen molar-refractivity contribution in [1.82, 2.24) is 4.98 Å². The van der Waals surface area contributed by atoms with Gasteiger partial charge in [-0.1, -0.05) is 6.07 Å². The summed E-state index contributed by atoms with van der Waals surface area (Å²) < 4.78 is 19.9. The highest BCUT2D eigenvalue weighted by molar-refractivity contribution is 9.10. The Morgan fingerprint density at radius 2 is 2.11 bits per heavy atom. The van der Waals surface area contributed by atoms with E-state index in [0.717, 1.165) is 10.2 Å². The Kier molecular flexibility index (Phi) is 3.93. The molecule has 0 saturated carbocycles.